The molecule has 2 aromatic carbocycles. The first-order valence-corrected chi connectivity index (χ1v) is 8.43. The number of nitrogens with one attached hydrogen (secondary N) is 2. The lowest BCUT2D eigenvalue weighted by Gasteiger charge is -2.15. The van der Waals surface area contributed by atoms with E-state index < -0.39 is 0 Å². The number of benzene rings is 2. The predicted molar refractivity (Wildman–Crippen MR) is 99.9 cm³/mol. The van der Waals surface area contributed by atoms with Gasteiger partial charge in [-0.1, -0.05) is 37.3 Å². The zero-order valence-corrected chi connectivity index (χ0v) is 14.8. The second-order valence-corrected chi connectivity index (χ2v) is 5.95. The monoisotopic (exact) mass is 340 g/mol. The van der Waals surface area contributed by atoms with Gasteiger partial charge in [0, 0.05) is 5.69 Å². The number of amides is 2. The summed E-state index contributed by atoms with van der Waals surface area (Å²) in [6, 6.07) is 14.7. The van der Waals surface area contributed by atoms with E-state index in [9.17, 15) is 9.59 Å². The Morgan fingerprint density at radius 1 is 0.920 bits per heavy atom. The van der Waals surface area contributed by atoms with E-state index in [4.69, 9.17) is 4.74 Å². The summed E-state index contributed by atoms with van der Waals surface area (Å²) in [7, 11) is 0. The van der Waals surface area contributed by atoms with Gasteiger partial charge in [0.2, 0.25) is 11.8 Å². The van der Waals surface area contributed by atoms with Crippen molar-refractivity contribution >= 4 is 23.2 Å². The minimum absolute atomic E-state index is 0.00750. The maximum absolute atomic E-state index is 12.2. The molecule has 132 valence electrons. The Hall–Kier alpha value is -2.82. The van der Waals surface area contributed by atoms with Crippen molar-refractivity contribution in [2.45, 2.75) is 39.7 Å². The summed E-state index contributed by atoms with van der Waals surface area (Å²) in [6.45, 7) is 5.85. The van der Waals surface area contributed by atoms with Gasteiger partial charge in [0.15, 0.2) is 0 Å². The number of para-hydroxylation sites is 3. The number of hydrogen-bond acceptors (Lipinski definition) is 3. The summed E-state index contributed by atoms with van der Waals surface area (Å²) in [5.74, 6) is -0.144. The van der Waals surface area contributed by atoms with Crippen LogP contribution in [0.5, 0.6) is 5.75 Å². The van der Waals surface area contributed by atoms with Crippen molar-refractivity contribution in [2.24, 2.45) is 0 Å². The van der Waals surface area contributed by atoms with Gasteiger partial charge in [-0.15, -0.1) is 0 Å². The quantitative estimate of drug-likeness (QED) is 0.749. The molecule has 0 heterocycles. The van der Waals surface area contributed by atoms with E-state index >= 15 is 0 Å². The van der Waals surface area contributed by atoms with E-state index in [1.165, 1.54) is 0 Å². The molecule has 0 aliphatic rings. The highest BCUT2D eigenvalue weighted by molar-refractivity contribution is 6.08. The normalized spacial score (nSPS) is 10.4. The number of ether oxygens (including phenoxy) is 1. The standard InChI is InChI=1S/C20H24N2O3/c1-4-15-9-5-6-10-16(15)21-19(23)13-20(24)22-17-11-7-8-12-18(17)25-14(2)3/h5-12,14H,4,13H2,1-3H3,(H,21,23)(H,22,24). The number of anilines is 2. The molecule has 0 aromatic heterocycles. The Morgan fingerprint density at radius 3 is 2.12 bits per heavy atom. The number of rotatable bonds is 7. The molecule has 2 aromatic rings. The molecule has 25 heavy (non-hydrogen) atoms. The van der Waals surface area contributed by atoms with Gasteiger partial charge in [0.1, 0.15) is 12.2 Å². The Bertz CT molecular complexity index is 741. The van der Waals surface area contributed by atoms with Crippen LogP contribution in [0.1, 0.15) is 32.8 Å². The number of aryl methyl sites for hydroxylation is 1. The second-order valence-electron chi connectivity index (χ2n) is 5.95. The van der Waals surface area contributed by atoms with Crippen LogP contribution >= 0.6 is 0 Å². The lowest BCUT2D eigenvalue weighted by molar-refractivity contribution is -0.123. The van der Waals surface area contributed by atoms with Crippen molar-refractivity contribution in [3.63, 3.8) is 0 Å². The topological polar surface area (TPSA) is 67.4 Å². The average molecular weight is 340 g/mol. The van der Waals surface area contributed by atoms with E-state index in [1.807, 2.05) is 51.1 Å². The van der Waals surface area contributed by atoms with E-state index in [0.29, 0.717) is 11.4 Å². The van der Waals surface area contributed by atoms with Crippen LogP contribution in [-0.4, -0.2) is 17.9 Å². The van der Waals surface area contributed by atoms with Crippen molar-refractivity contribution in [3.8, 4) is 5.75 Å². The highest BCUT2D eigenvalue weighted by Gasteiger charge is 2.13. The maximum Gasteiger partial charge on any atom is 0.233 e. The molecular formula is C20H24N2O3. The Balaban J connectivity index is 1.97. The summed E-state index contributed by atoms with van der Waals surface area (Å²) >= 11 is 0. The summed E-state index contributed by atoms with van der Waals surface area (Å²) in [5, 5.41) is 5.53. The molecule has 0 fully saturated rings. The summed E-state index contributed by atoms with van der Waals surface area (Å²) in [4.78, 5) is 24.3. The molecule has 0 saturated heterocycles. The summed E-state index contributed by atoms with van der Waals surface area (Å²) in [5.41, 5.74) is 2.33. The molecule has 2 rings (SSSR count). The third-order valence-corrected chi connectivity index (χ3v) is 3.52. The highest BCUT2D eigenvalue weighted by Crippen LogP contribution is 2.25. The van der Waals surface area contributed by atoms with Gasteiger partial charge in [0.05, 0.1) is 11.8 Å². The van der Waals surface area contributed by atoms with Gasteiger partial charge in [-0.3, -0.25) is 9.59 Å². The first kappa shape index (κ1) is 18.5. The Morgan fingerprint density at radius 2 is 1.48 bits per heavy atom. The van der Waals surface area contributed by atoms with Gasteiger partial charge in [-0.25, -0.2) is 0 Å². The van der Waals surface area contributed by atoms with Gasteiger partial charge in [-0.05, 0) is 44.0 Å². The second kappa shape index (κ2) is 8.87. The lowest BCUT2D eigenvalue weighted by atomic mass is 10.1. The van der Waals surface area contributed by atoms with Crippen molar-refractivity contribution in [1.29, 1.82) is 0 Å². The van der Waals surface area contributed by atoms with Crippen LogP contribution in [-0.2, 0) is 16.0 Å². The van der Waals surface area contributed by atoms with Crippen LogP contribution in [0, 0.1) is 0 Å². The van der Waals surface area contributed by atoms with Crippen LogP contribution in [0.15, 0.2) is 48.5 Å². The number of carbonyl (C=O) groups excluding carboxylic acids is 2. The lowest BCUT2D eigenvalue weighted by Crippen LogP contribution is -2.22. The van der Waals surface area contributed by atoms with E-state index in [-0.39, 0.29) is 24.3 Å². The van der Waals surface area contributed by atoms with Crippen molar-refractivity contribution in [1.82, 2.24) is 0 Å². The zero-order valence-electron chi connectivity index (χ0n) is 14.8. The van der Waals surface area contributed by atoms with E-state index in [0.717, 1.165) is 17.7 Å². The van der Waals surface area contributed by atoms with Crippen molar-refractivity contribution in [3.05, 3.63) is 54.1 Å². The maximum atomic E-state index is 12.2. The average Bonchev–Trinajstić information content (AvgIpc) is 2.56. The fourth-order valence-corrected chi connectivity index (χ4v) is 2.41. The van der Waals surface area contributed by atoms with Crippen LogP contribution in [0.25, 0.3) is 0 Å². The van der Waals surface area contributed by atoms with Crippen LogP contribution < -0.4 is 15.4 Å². The minimum atomic E-state index is -0.383. The van der Waals surface area contributed by atoms with Gasteiger partial charge >= 0.3 is 0 Å². The highest BCUT2D eigenvalue weighted by atomic mass is 16.5. The van der Waals surface area contributed by atoms with Crippen molar-refractivity contribution in [2.75, 3.05) is 10.6 Å². The van der Waals surface area contributed by atoms with E-state index in [1.54, 1.807) is 18.2 Å². The molecule has 0 saturated carbocycles. The van der Waals surface area contributed by atoms with Crippen molar-refractivity contribution < 1.29 is 14.3 Å². The largest absolute Gasteiger partial charge is 0.489 e. The molecule has 5 nitrogen and oxygen atoms in total. The SMILES string of the molecule is CCc1ccccc1NC(=O)CC(=O)Nc1ccccc1OC(C)C. The molecular weight excluding hydrogens is 316 g/mol. The van der Waals surface area contributed by atoms with Gasteiger partial charge in [0.25, 0.3) is 0 Å². The molecule has 0 atom stereocenters. The Kier molecular flexibility index (Phi) is 6.57. The predicted octanol–water partition coefficient (Wildman–Crippen LogP) is 4.00. The van der Waals surface area contributed by atoms with Crippen LogP contribution in [0.2, 0.25) is 0 Å². The van der Waals surface area contributed by atoms with Crippen LogP contribution in [0.4, 0.5) is 11.4 Å². The number of carbonyl (C=O) groups is 2. The summed E-state index contributed by atoms with van der Waals surface area (Å²) in [6.07, 6.45) is 0.545. The molecule has 0 spiro atoms. The molecule has 0 aliphatic carbocycles. The fourth-order valence-electron chi connectivity index (χ4n) is 2.41. The fraction of sp³-hybridized carbons (Fsp3) is 0.300. The third-order valence-electron chi connectivity index (χ3n) is 3.52. The Labute approximate surface area is 148 Å². The minimum Gasteiger partial charge on any atom is -0.489 e. The first-order valence-electron chi connectivity index (χ1n) is 8.43. The van der Waals surface area contributed by atoms with Gasteiger partial charge < -0.3 is 15.4 Å². The molecule has 0 unspecified atom stereocenters. The van der Waals surface area contributed by atoms with E-state index in [2.05, 4.69) is 10.6 Å². The molecule has 0 aliphatic heterocycles. The molecule has 2 N–H and O–H groups in total. The molecule has 0 bridgehead atoms. The molecule has 0 radical (unpaired) electrons. The van der Waals surface area contributed by atoms with Crippen LogP contribution in [0.3, 0.4) is 0 Å². The number of hydrogen-bond donors (Lipinski definition) is 2. The third kappa shape index (κ3) is 5.64. The molecule has 2 amide bonds. The smallest absolute Gasteiger partial charge is 0.233 e. The van der Waals surface area contributed by atoms with Gasteiger partial charge in [-0.2, -0.15) is 0 Å². The first-order chi connectivity index (χ1) is 12.0. The zero-order chi connectivity index (χ0) is 18.2. The molecule has 5 heteroatoms. The summed E-state index contributed by atoms with van der Waals surface area (Å²) < 4.78 is 5.66.